The molecular weight excluding hydrogens is 410 g/mol. The fraction of sp³-hybridized carbons (Fsp3) is 0.875. The van der Waals surface area contributed by atoms with E-state index in [-0.39, 0.29) is 30.3 Å². The molecule has 1 aliphatic carbocycles. The fourth-order valence-corrected chi connectivity index (χ4v) is 4.87. The first-order valence-corrected chi connectivity index (χ1v) is 12.4. The molecule has 4 N–H and O–H groups in total. The molecule has 2 aliphatic rings. The highest BCUT2D eigenvalue weighted by molar-refractivity contribution is 5.86. The van der Waals surface area contributed by atoms with Crippen molar-refractivity contribution in [3.63, 3.8) is 0 Å². The van der Waals surface area contributed by atoms with Crippen molar-refractivity contribution in [1.82, 2.24) is 16.0 Å². The van der Waals surface area contributed by atoms with Crippen molar-refractivity contribution in [2.45, 2.75) is 90.6 Å². The Labute approximate surface area is 192 Å². The molecule has 1 saturated heterocycles. The zero-order valence-corrected chi connectivity index (χ0v) is 20.0. The SMILES string of the molecule is CCCC1CCC(COC(=O)N[C@@H](CC(C)C)C(=O)N[C@H](CO)C[C@@H]2CCNC2=O)CC1. The van der Waals surface area contributed by atoms with Gasteiger partial charge in [0.15, 0.2) is 0 Å². The summed E-state index contributed by atoms with van der Waals surface area (Å²) in [5, 5.41) is 18.0. The van der Waals surface area contributed by atoms with Gasteiger partial charge >= 0.3 is 6.09 Å². The number of carbonyl (C=O) groups excluding carboxylic acids is 3. The van der Waals surface area contributed by atoms with E-state index in [0.717, 1.165) is 18.8 Å². The normalized spacial score (nSPS) is 25.2. The van der Waals surface area contributed by atoms with Gasteiger partial charge in [-0.2, -0.15) is 0 Å². The minimum atomic E-state index is -0.741. The largest absolute Gasteiger partial charge is 0.449 e. The average molecular weight is 454 g/mol. The molecule has 0 aromatic rings. The van der Waals surface area contributed by atoms with Crippen LogP contribution in [0.2, 0.25) is 0 Å². The van der Waals surface area contributed by atoms with E-state index < -0.39 is 18.2 Å². The number of alkyl carbamates (subject to hydrolysis) is 1. The van der Waals surface area contributed by atoms with Crippen LogP contribution in [0.1, 0.15) is 78.6 Å². The summed E-state index contributed by atoms with van der Waals surface area (Å²) in [4.78, 5) is 37.1. The molecule has 8 nitrogen and oxygen atoms in total. The van der Waals surface area contributed by atoms with Gasteiger partial charge < -0.3 is 25.8 Å². The summed E-state index contributed by atoms with van der Waals surface area (Å²) >= 11 is 0. The molecule has 1 saturated carbocycles. The first-order valence-electron chi connectivity index (χ1n) is 12.4. The van der Waals surface area contributed by atoms with Gasteiger partial charge in [-0.05, 0) is 49.9 Å². The number of amides is 3. The molecule has 0 bridgehead atoms. The molecule has 8 heteroatoms. The third-order valence-corrected chi connectivity index (χ3v) is 6.73. The van der Waals surface area contributed by atoms with Crippen molar-refractivity contribution >= 4 is 17.9 Å². The lowest BCUT2D eigenvalue weighted by Crippen LogP contribution is -2.51. The molecular formula is C24H43N3O5. The van der Waals surface area contributed by atoms with E-state index in [0.29, 0.717) is 38.3 Å². The molecule has 32 heavy (non-hydrogen) atoms. The highest BCUT2D eigenvalue weighted by atomic mass is 16.5. The Morgan fingerprint density at radius 3 is 2.38 bits per heavy atom. The van der Waals surface area contributed by atoms with Gasteiger partial charge in [-0.3, -0.25) is 9.59 Å². The molecule has 1 heterocycles. The molecule has 184 valence electrons. The van der Waals surface area contributed by atoms with Crippen LogP contribution in [-0.2, 0) is 14.3 Å². The van der Waals surface area contributed by atoms with E-state index in [9.17, 15) is 19.5 Å². The Balaban J connectivity index is 1.80. The number of carbonyl (C=O) groups is 3. The lowest BCUT2D eigenvalue weighted by Gasteiger charge is -2.28. The third-order valence-electron chi connectivity index (χ3n) is 6.73. The van der Waals surface area contributed by atoms with Gasteiger partial charge in [0.1, 0.15) is 6.04 Å². The van der Waals surface area contributed by atoms with Crippen molar-refractivity contribution in [2.24, 2.45) is 23.7 Å². The lowest BCUT2D eigenvalue weighted by molar-refractivity contribution is -0.126. The van der Waals surface area contributed by atoms with Crippen molar-refractivity contribution in [1.29, 1.82) is 0 Å². The van der Waals surface area contributed by atoms with E-state index in [1.807, 2.05) is 13.8 Å². The summed E-state index contributed by atoms with van der Waals surface area (Å²) in [6, 6.07) is -1.27. The van der Waals surface area contributed by atoms with Crippen molar-refractivity contribution in [3.05, 3.63) is 0 Å². The van der Waals surface area contributed by atoms with Crippen LogP contribution in [0, 0.1) is 23.7 Å². The number of hydrogen-bond acceptors (Lipinski definition) is 5. The summed E-state index contributed by atoms with van der Waals surface area (Å²) in [6.45, 7) is 6.94. The van der Waals surface area contributed by atoms with Crippen LogP contribution >= 0.6 is 0 Å². The van der Waals surface area contributed by atoms with E-state index in [1.165, 1.54) is 25.7 Å². The molecule has 2 fully saturated rings. The number of ether oxygens (including phenoxy) is 1. The van der Waals surface area contributed by atoms with Crippen LogP contribution in [0.25, 0.3) is 0 Å². The van der Waals surface area contributed by atoms with E-state index >= 15 is 0 Å². The fourth-order valence-electron chi connectivity index (χ4n) is 4.87. The maximum absolute atomic E-state index is 12.8. The van der Waals surface area contributed by atoms with Crippen LogP contribution in [0.5, 0.6) is 0 Å². The number of aliphatic hydroxyl groups excluding tert-OH is 1. The Kier molecular flexibility index (Phi) is 11.3. The third kappa shape index (κ3) is 8.96. The second-order valence-corrected chi connectivity index (χ2v) is 10.0. The van der Waals surface area contributed by atoms with Crippen LogP contribution in [-0.4, -0.2) is 54.9 Å². The van der Waals surface area contributed by atoms with Crippen molar-refractivity contribution in [3.8, 4) is 0 Å². The number of aliphatic hydroxyl groups is 1. The van der Waals surface area contributed by atoms with E-state index in [4.69, 9.17) is 4.74 Å². The Bertz CT molecular complexity index is 604. The summed E-state index contributed by atoms with van der Waals surface area (Å²) < 4.78 is 5.46. The van der Waals surface area contributed by atoms with Crippen molar-refractivity contribution < 1.29 is 24.2 Å². The first kappa shape index (κ1) is 26.4. The quantitative estimate of drug-likeness (QED) is 0.363. The standard InChI is InChI=1S/C24H43N3O5/c1-4-5-17-6-8-18(9-7-17)15-32-24(31)27-21(12-16(2)3)23(30)26-20(14-28)13-19-10-11-25-22(19)29/h16-21,28H,4-15H2,1-3H3,(H,25,29)(H,26,30)(H,27,31)/t17?,18?,19-,20-,21-/m0/s1. The summed E-state index contributed by atoms with van der Waals surface area (Å²) in [6.07, 6.45) is 8.04. The van der Waals surface area contributed by atoms with Gasteiger partial charge in [-0.1, -0.05) is 46.5 Å². The molecule has 2 rings (SSSR count). The average Bonchev–Trinajstić information content (AvgIpc) is 3.16. The molecule has 0 aromatic heterocycles. The van der Waals surface area contributed by atoms with Gasteiger partial charge in [0.25, 0.3) is 0 Å². The Morgan fingerprint density at radius 2 is 1.81 bits per heavy atom. The molecule has 0 spiro atoms. The minimum Gasteiger partial charge on any atom is -0.449 e. The van der Waals surface area contributed by atoms with Gasteiger partial charge in [0.2, 0.25) is 11.8 Å². The Hall–Kier alpha value is -1.83. The monoisotopic (exact) mass is 453 g/mol. The topological polar surface area (TPSA) is 117 Å². The summed E-state index contributed by atoms with van der Waals surface area (Å²) in [7, 11) is 0. The maximum Gasteiger partial charge on any atom is 0.407 e. The van der Waals surface area contributed by atoms with Crippen molar-refractivity contribution in [2.75, 3.05) is 19.8 Å². The lowest BCUT2D eigenvalue weighted by atomic mass is 9.80. The van der Waals surface area contributed by atoms with Gasteiger partial charge in [-0.25, -0.2) is 4.79 Å². The highest BCUT2D eigenvalue weighted by Crippen LogP contribution is 2.31. The number of rotatable bonds is 12. The second-order valence-electron chi connectivity index (χ2n) is 10.0. The smallest absolute Gasteiger partial charge is 0.407 e. The van der Waals surface area contributed by atoms with Crippen LogP contribution in [0.4, 0.5) is 4.79 Å². The van der Waals surface area contributed by atoms with Gasteiger partial charge in [0, 0.05) is 12.5 Å². The maximum atomic E-state index is 12.8. The van der Waals surface area contributed by atoms with Crippen LogP contribution in [0.3, 0.4) is 0 Å². The molecule has 0 unspecified atom stereocenters. The minimum absolute atomic E-state index is 0.0399. The second kappa shape index (κ2) is 13.7. The number of hydrogen-bond donors (Lipinski definition) is 4. The first-order chi connectivity index (χ1) is 15.3. The van der Waals surface area contributed by atoms with Gasteiger partial charge in [-0.15, -0.1) is 0 Å². The predicted octanol–water partition coefficient (Wildman–Crippen LogP) is 2.74. The highest BCUT2D eigenvalue weighted by Gasteiger charge is 2.30. The molecule has 3 amide bonds. The molecule has 1 aliphatic heterocycles. The molecule has 0 radical (unpaired) electrons. The van der Waals surface area contributed by atoms with Crippen LogP contribution < -0.4 is 16.0 Å². The zero-order chi connectivity index (χ0) is 23.5. The number of nitrogens with one attached hydrogen (secondary N) is 3. The summed E-state index contributed by atoms with van der Waals surface area (Å²) in [5.41, 5.74) is 0. The summed E-state index contributed by atoms with van der Waals surface area (Å²) in [5.74, 6) is 0.783. The Morgan fingerprint density at radius 1 is 1.12 bits per heavy atom. The predicted molar refractivity (Wildman–Crippen MR) is 123 cm³/mol. The zero-order valence-electron chi connectivity index (χ0n) is 20.0. The molecule has 0 aromatic carbocycles. The van der Waals surface area contributed by atoms with E-state index in [1.54, 1.807) is 0 Å². The van der Waals surface area contributed by atoms with Crippen LogP contribution in [0.15, 0.2) is 0 Å². The molecule has 3 atom stereocenters. The van der Waals surface area contributed by atoms with E-state index in [2.05, 4.69) is 22.9 Å². The van der Waals surface area contributed by atoms with Gasteiger partial charge in [0.05, 0.1) is 19.3 Å².